The number of nitrogens with one attached hydrogen (secondary N) is 1. The molecule has 0 atom stereocenters. The van der Waals surface area contributed by atoms with Crippen LogP contribution in [0.15, 0.2) is 54.6 Å². The summed E-state index contributed by atoms with van der Waals surface area (Å²) < 4.78 is 0. The van der Waals surface area contributed by atoms with Crippen molar-refractivity contribution in [1.82, 2.24) is 5.32 Å². The van der Waals surface area contributed by atoms with Gasteiger partial charge in [0.2, 0.25) is 11.8 Å². The van der Waals surface area contributed by atoms with Gasteiger partial charge >= 0.3 is 0 Å². The molecule has 1 fully saturated rings. The summed E-state index contributed by atoms with van der Waals surface area (Å²) >= 11 is 0. The van der Waals surface area contributed by atoms with Crippen molar-refractivity contribution < 1.29 is 9.59 Å². The fraction of sp³-hybridized carbons (Fsp3) is 0.417. The Hall–Kier alpha value is -2.62. The summed E-state index contributed by atoms with van der Waals surface area (Å²) in [5.74, 6) is 0.331. The van der Waals surface area contributed by atoms with Crippen LogP contribution in [0.2, 0.25) is 0 Å². The van der Waals surface area contributed by atoms with Gasteiger partial charge in [-0.15, -0.1) is 0 Å². The highest BCUT2D eigenvalue weighted by Crippen LogP contribution is 2.31. The number of carbonyl (C=O) groups is 2. The highest BCUT2D eigenvalue weighted by molar-refractivity contribution is 5.95. The normalized spacial score (nSPS) is 19.1. The summed E-state index contributed by atoms with van der Waals surface area (Å²) in [6.07, 6.45) is 3.12. The maximum absolute atomic E-state index is 13.1. The molecule has 1 saturated carbocycles. The molecule has 148 valence electrons. The van der Waals surface area contributed by atoms with E-state index in [1.54, 1.807) is 0 Å². The number of hydrogen-bond donors (Lipinski definition) is 1. The molecule has 0 saturated heterocycles. The van der Waals surface area contributed by atoms with Crippen LogP contribution in [-0.2, 0) is 16.1 Å². The summed E-state index contributed by atoms with van der Waals surface area (Å²) in [5.41, 5.74) is 3.23. The van der Waals surface area contributed by atoms with Crippen molar-refractivity contribution in [3.63, 3.8) is 0 Å². The Morgan fingerprint density at radius 1 is 0.964 bits per heavy atom. The number of aryl methyl sites for hydroxylation is 1. The van der Waals surface area contributed by atoms with Crippen LogP contribution in [0.1, 0.15) is 43.7 Å². The van der Waals surface area contributed by atoms with Gasteiger partial charge in [-0.1, -0.05) is 42.5 Å². The largest absolute Gasteiger partial charge is 0.352 e. The van der Waals surface area contributed by atoms with Gasteiger partial charge in [0.05, 0.1) is 0 Å². The lowest BCUT2D eigenvalue weighted by atomic mass is 9.80. The zero-order valence-corrected chi connectivity index (χ0v) is 16.9. The van der Waals surface area contributed by atoms with E-state index in [0.29, 0.717) is 13.1 Å². The van der Waals surface area contributed by atoms with Gasteiger partial charge in [0.1, 0.15) is 0 Å². The number of hydrogen-bond acceptors (Lipinski definition) is 2. The molecule has 0 spiro atoms. The average Bonchev–Trinajstić information content (AvgIpc) is 2.73. The highest BCUT2D eigenvalue weighted by atomic mass is 16.2. The van der Waals surface area contributed by atoms with Crippen LogP contribution in [0.4, 0.5) is 5.69 Å². The molecule has 28 heavy (non-hydrogen) atoms. The quantitative estimate of drug-likeness (QED) is 0.806. The van der Waals surface area contributed by atoms with E-state index in [2.05, 4.69) is 11.4 Å². The third kappa shape index (κ3) is 5.00. The maximum atomic E-state index is 13.1. The molecule has 3 rings (SSSR count). The molecule has 0 heterocycles. The van der Waals surface area contributed by atoms with Gasteiger partial charge in [-0.05, 0) is 62.8 Å². The van der Waals surface area contributed by atoms with Crippen molar-refractivity contribution in [2.24, 2.45) is 11.8 Å². The van der Waals surface area contributed by atoms with Gasteiger partial charge in [0.25, 0.3) is 0 Å². The van der Waals surface area contributed by atoms with Gasteiger partial charge in [-0.2, -0.15) is 0 Å². The van der Waals surface area contributed by atoms with Crippen molar-refractivity contribution in [1.29, 1.82) is 0 Å². The standard InChI is InChI=1S/C24H30N2O2/c1-3-26(22-11-7-8-18(2)16-22)24(28)21-14-12-20(13-15-21)23(27)25-17-19-9-5-4-6-10-19/h4-11,16,20-21H,3,12-15,17H2,1-2H3,(H,25,27). The Bertz CT molecular complexity index is 795. The van der Waals surface area contributed by atoms with Gasteiger partial charge in [-0.25, -0.2) is 0 Å². The number of rotatable bonds is 6. The average molecular weight is 379 g/mol. The zero-order valence-electron chi connectivity index (χ0n) is 16.9. The molecule has 2 aromatic carbocycles. The number of carbonyl (C=O) groups excluding carboxylic acids is 2. The van der Waals surface area contributed by atoms with Crippen LogP contribution in [-0.4, -0.2) is 18.4 Å². The van der Waals surface area contributed by atoms with Gasteiger partial charge in [0.15, 0.2) is 0 Å². The molecule has 2 amide bonds. The van der Waals surface area contributed by atoms with E-state index in [9.17, 15) is 9.59 Å². The topological polar surface area (TPSA) is 49.4 Å². The summed E-state index contributed by atoms with van der Waals surface area (Å²) in [6, 6.07) is 18.1. The van der Waals surface area contributed by atoms with Crippen LogP contribution in [0.3, 0.4) is 0 Å². The molecule has 0 unspecified atom stereocenters. The number of benzene rings is 2. The lowest BCUT2D eigenvalue weighted by Gasteiger charge is -2.31. The summed E-state index contributed by atoms with van der Waals surface area (Å²) in [6.45, 7) is 5.29. The molecule has 2 aromatic rings. The monoisotopic (exact) mass is 378 g/mol. The highest BCUT2D eigenvalue weighted by Gasteiger charge is 2.32. The van der Waals surface area contributed by atoms with Crippen LogP contribution in [0.5, 0.6) is 0 Å². The van der Waals surface area contributed by atoms with Crippen LogP contribution in [0.25, 0.3) is 0 Å². The molecule has 0 aliphatic heterocycles. The molecule has 4 heteroatoms. The van der Waals surface area contributed by atoms with Gasteiger partial charge in [0, 0.05) is 30.6 Å². The van der Waals surface area contributed by atoms with Crippen LogP contribution >= 0.6 is 0 Å². The first kappa shape index (κ1) is 20.1. The van der Waals surface area contributed by atoms with E-state index in [4.69, 9.17) is 0 Å². The number of amides is 2. The van der Waals surface area contributed by atoms with Crippen LogP contribution in [0, 0.1) is 18.8 Å². The van der Waals surface area contributed by atoms with Crippen molar-refractivity contribution >= 4 is 17.5 Å². The lowest BCUT2D eigenvalue weighted by Crippen LogP contribution is -2.40. The van der Waals surface area contributed by atoms with Crippen LogP contribution < -0.4 is 10.2 Å². The van der Waals surface area contributed by atoms with E-state index in [1.807, 2.05) is 67.3 Å². The minimum absolute atomic E-state index is 0.0126. The molecular weight excluding hydrogens is 348 g/mol. The Morgan fingerprint density at radius 3 is 2.29 bits per heavy atom. The molecular formula is C24H30N2O2. The number of anilines is 1. The Kier molecular flexibility index (Phi) is 6.85. The maximum Gasteiger partial charge on any atom is 0.230 e. The second kappa shape index (κ2) is 9.54. The first-order chi connectivity index (χ1) is 13.6. The molecule has 1 aliphatic rings. The molecule has 0 aromatic heterocycles. The summed E-state index contributed by atoms with van der Waals surface area (Å²) in [7, 11) is 0. The SMILES string of the molecule is CCN(C(=O)C1CCC(C(=O)NCc2ccccc2)CC1)c1cccc(C)c1. The number of nitrogens with zero attached hydrogens (tertiary/aromatic N) is 1. The molecule has 1 N–H and O–H groups in total. The van der Waals surface area contributed by atoms with E-state index in [-0.39, 0.29) is 23.7 Å². The molecule has 1 aliphatic carbocycles. The van der Waals surface area contributed by atoms with Gasteiger partial charge in [-0.3, -0.25) is 9.59 Å². The molecule has 4 nitrogen and oxygen atoms in total. The zero-order chi connectivity index (χ0) is 19.9. The van der Waals surface area contributed by atoms with Crippen molar-refractivity contribution in [2.75, 3.05) is 11.4 Å². The summed E-state index contributed by atoms with van der Waals surface area (Å²) in [4.78, 5) is 27.4. The van der Waals surface area contributed by atoms with E-state index in [1.165, 1.54) is 0 Å². The minimum Gasteiger partial charge on any atom is -0.352 e. The Balaban J connectivity index is 1.52. The predicted octanol–water partition coefficient (Wildman–Crippen LogP) is 4.47. The lowest BCUT2D eigenvalue weighted by molar-refractivity contribution is -0.129. The van der Waals surface area contributed by atoms with Crippen molar-refractivity contribution in [3.8, 4) is 0 Å². The first-order valence-electron chi connectivity index (χ1n) is 10.3. The van der Waals surface area contributed by atoms with Crippen molar-refractivity contribution in [3.05, 3.63) is 65.7 Å². The predicted molar refractivity (Wildman–Crippen MR) is 113 cm³/mol. The van der Waals surface area contributed by atoms with Gasteiger partial charge < -0.3 is 10.2 Å². The smallest absolute Gasteiger partial charge is 0.230 e. The van der Waals surface area contributed by atoms with E-state index in [0.717, 1.165) is 42.5 Å². The van der Waals surface area contributed by atoms with E-state index >= 15 is 0 Å². The van der Waals surface area contributed by atoms with Crippen molar-refractivity contribution in [2.45, 2.75) is 46.1 Å². The Labute approximate surface area is 167 Å². The molecule has 0 radical (unpaired) electrons. The fourth-order valence-corrected chi connectivity index (χ4v) is 4.01. The second-order valence-corrected chi connectivity index (χ2v) is 7.67. The Morgan fingerprint density at radius 2 is 1.64 bits per heavy atom. The third-order valence-corrected chi connectivity index (χ3v) is 5.65. The first-order valence-corrected chi connectivity index (χ1v) is 10.3. The third-order valence-electron chi connectivity index (χ3n) is 5.65. The molecule has 0 bridgehead atoms. The minimum atomic E-state index is 0.0126. The fourth-order valence-electron chi connectivity index (χ4n) is 4.01. The van der Waals surface area contributed by atoms with E-state index < -0.39 is 0 Å². The summed E-state index contributed by atoms with van der Waals surface area (Å²) in [5, 5.41) is 3.04. The second-order valence-electron chi connectivity index (χ2n) is 7.67.